The third-order valence-corrected chi connectivity index (χ3v) is 4.42. The molecule has 0 amide bonds. The Morgan fingerprint density at radius 2 is 2.20 bits per heavy atom. The van der Waals surface area contributed by atoms with Gasteiger partial charge in [0.25, 0.3) is 0 Å². The van der Waals surface area contributed by atoms with E-state index in [-0.39, 0.29) is 6.10 Å². The fraction of sp³-hybridized carbons (Fsp3) is 0.500. The van der Waals surface area contributed by atoms with Crippen molar-refractivity contribution >= 4 is 24.6 Å². The summed E-state index contributed by atoms with van der Waals surface area (Å²) < 4.78 is 18.3. The maximum Gasteiger partial charge on any atom is 0.354 e. The van der Waals surface area contributed by atoms with Crippen molar-refractivity contribution in [2.45, 2.75) is 31.3 Å². The van der Waals surface area contributed by atoms with Crippen LogP contribution in [0.4, 0.5) is 5.82 Å². The van der Waals surface area contributed by atoms with Crippen LogP contribution in [0.5, 0.6) is 0 Å². The molecule has 3 heterocycles. The van der Waals surface area contributed by atoms with Crippen LogP contribution in [0.15, 0.2) is 12.7 Å². The largest absolute Gasteiger partial charge is 0.382 e. The summed E-state index contributed by atoms with van der Waals surface area (Å²) in [6, 6.07) is 0. The Morgan fingerprint density at radius 3 is 2.90 bits per heavy atom. The SMILES string of the molecule is Nc1ncnc2c1ncn2CC1CCC(P(=O)(O)O)O1. The summed E-state index contributed by atoms with van der Waals surface area (Å²) in [5, 5.41) is 0. The molecule has 3 rings (SSSR count). The number of imidazole rings is 1. The average molecular weight is 299 g/mol. The predicted octanol–water partition coefficient (Wildman–Crippen LogP) is 0.0913. The molecule has 0 aliphatic carbocycles. The van der Waals surface area contributed by atoms with E-state index in [1.165, 1.54) is 6.33 Å². The van der Waals surface area contributed by atoms with Gasteiger partial charge in [-0.3, -0.25) is 4.57 Å². The van der Waals surface area contributed by atoms with E-state index in [0.29, 0.717) is 36.4 Å². The van der Waals surface area contributed by atoms with Gasteiger partial charge >= 0.3 is 7.60 Å². The lowest BCUT2D eigenvalue weighted by molar-refractivity contribution is 0.0621. The monoisotopic (exact) mass is 299 g/mol. The van der Waals surface area contributed by atoms with Crippen molar-refractivity contribution in [2.75, 3.05) is 5.73 Å². The van der Waals surface area contributed by atoms with Gasteiger partial charge in [-0.05, 0) is 12.8 Å². The molecule has 1 aliphatic rings. The lowest BCUT2D eigenvalue weighted by Gasteiger charge is -2.15. The maximum absolute atomic E-state index is 11.2. The van der Waals surface area contributed by atoms with E-state index >= 15 is 0 Å². The van der Waals surface area contributed by atoms with E-state index in [1.54, 1.807) is 10.9 Å². The van der Waals surface area contributed by atoms with Gasteiger partial charge in [-0.15, -0.1) is 0 Å². The number of aromatic nitrogens is 4. The van der Waals surface area contributed by atoms with Crippen molar-refractivity contribution in [3.63, 3.8) is 0 Å². The van der Waals surface area contributed by atoms with Crippen molar-refractivity contribution in [3.8, 4) is 0 Å². The lowest BCUT2D eigenvalue weighted by Crippen LogP contribution is -2.17. The minimum absolute atomic E-state index is 0.277. The van der Waals surface area contributed by atoms with Gasteiger partial charge in [0.05, 0.1) is 19.0 Å². The molecule has 0 saturated carbocycles. The molecule has 4 N–H and O–H groups in total. The van der Waals surface area contributed by atoms with Gasteiger partial charge in [0, 0.05) is 0 Å². The number of rotatable bonds is 3. The van der Waals surface area contributed by atoms with Gasteiger partial charge in [-0.2, -0.15) is 0 Å². The van der Waals surface area contributed by atoms with Crippen molar-refractivity contribution in [1.29, 1.82) is 0 Å². The molecule has 1 aliphatic heterocycles. The van der Waals surface area contributed by atoms with E-state index in [2.05, 4.69) is 15.0 Å². The van der Waals surface area contributed by atoms with Crippen molar-refractivity contribution in [3.05, 3.63) is 12.7 Å². The highest BCUT2D eigenvalue weighted by molar-refractivity contribution is 7.52. The number of hydrogen-bond donors (Lipinski definition) is 3. The first-order valence-electron chi connectivity index (χ1n) is 6.07. The molecule has 1 saturated heterocycles. The number of anilines is 1. The molecular formula is C10H14N5O4P. The summed E-state index contributed by atoms with van der Waals surface area (Å²) in [5.74, 6) is -0.712. The third kappa shape index (κ3) is 2.40. The van der Waals surface area contributed by atoms with Crippen LogP contribution in [0.25, 0.3) is 11.2 Å². The standard InChI is InChI=1S/C10H14N5O4P/c11-9-8-10(13-4-12-9)15(5-14-8)3-6-1-2-7(19-6)20(16,17)18/h4-7H,1-3H2,(H2,11,12,13)(H2,16,17,18). The second kappa shape index (κ2) is 4.78. The number of hydrogen-bond acceptors (Lipinski definition) is 6. The number of nitrogens with two attached hydrogens (primary N) is 1. The van der Waals surface area contributed by atoms with Gasteiger partial charge in [0.1, 0.15) is 11.8 Å². The molecule has 2 atom stereocenters. The van der Waals surface area contributed by atoms with Crippen LogP contribution in [0.2, 0.25) is 0 Å². The minimum atomic E-state index is -4.19. The first-order valence-corrected chi connectivity index (χ1v) is 7.75. The molecule has 0 radical (unpaired) electrons. The molecule has 9 nitrogen and oxygen atoms in total. The summed E-state index contributed by atoms with van der Waals surface area (Å²) in [6.07, 6.45) is 3.57. The highest BCUT2D eigenvalue weighted by Gasteiger charge is 2.37. The molecule has 20 heavy (non-hydrogen) atoms. The van der Waals surface area contributed by atoms with Gasteiger partial charge in [0.2, 0.25) is 0 Å². The maximum atomic E-state index is 11.2. The summed E-state index contributed by atoms with van der Waals surface area (Å²) in [4.78, 5) is 30.3. The zero-order valence-corrected chi connectivity index (χ0v) is 11.3. The van der Waals surface area contributed by atoms with Crippen molar-refractivity contribution in [1.82, 2.24) is 19.5 Å². The number of nitrogen functional groups attached to an aromatic ring is 1. The van der Waals surface area contributed by atoms with Crippen LogP contribution < -0.4 is 5.73 Å². The van der Waals surface area contributed by atoms with Crippen LogP contribution >= 0.6 is 7.60 Å². The molecule has 2 unspecified atom stereocenters. The normalized spacial score (nSPS) is 23.5. The van der Waals surface area contributed by atoms with Gasteiger partial charge in [-0.1, -0.05) is 0 Å². The smallest absolute Gasteiger partial charge is 0.354 e. The van der Waals surface area contributed by atoms with E-state index in [9.17, 15) is 4.57 Å². The second-order valence-electron chi connectivity index (χ2n) is 4.71. The molecule has 10 heteroatoms. The summed E-state index contributed by atoms with van der Waals surface area (Å²) in [5.41, 5.74) is 6.79. The van der Waals surface area contributed by atoms with Gasteiger partial charge < -0.3 is 24.8 Å². The van der Waals surface area contributed by atoms with E-state index < -0.39 is 13.4 Å². The molecule has 108 valence electrons. The molecule has 1 fully saturated rings. The third-order valence-electron chi connectivity index (χ3n) is 3.29. The molecule has 0 bridgehead atoms. The van der Waals surface area contributed by atoms with Crippen LogP contribution in [-0.4, -0.2) is 41.3 Å². The molecule has 2 aromatic rings. The quantitative estimate of drug-likeness (QED) is 0.678. The highest BCUT2D eigenvalue weighted by Crippen LogP contribution is 2.48. The van der Waals surface area contributed by atoms with Crippen LogP contribution in [0.1, 0.15) is 12.8 Å². The van der Waals surface area contributed by atoms with E-state index in [4.69, 9.17) is 20.3 Å². The topological polar surface area (TPSA) is 136 Å². The summed E-state index contributed by atoms with van der Waals surface area (Å²) >= 11 is 0. The van der Waals surface area contributed by atoms with Crippen molar-refractivity contribution in [2.24, 2.45) is 0 Å². The molecule has 0 aromatic carbocycles. The van der Waals surface area contributed by atoms with Gasteiger partial charge in [0.15, 0.2) is 17.3 Å². The van der Waals surface area contributed by atoms with Crippen LogP contribution in [0, 0.1) is 0 Å². The highest BCUT2D eigenvalue weighted by atomic mass is 31.2. The Bertz CT molecular complexity index is 683. The Labute approximate surface area is 114 Å². The number of ether oxygens (including phenoxy) is 1. The predicted molar refractivity (Wildman–Crippen MR) is 69.7 cm³/mol. The van der Waals surface area contributed by atoms with Gasteiger partial charge in [-0.25, -0.2) is 15.0 Å². The van der Waals surface area contributed by atoms with Crippen molar-refractivity contribution < 1.29 is 19.1 Å². The van der Waals surface area contributed by atoms with E-state index in [1.807, 2.05) is 0 Å². The number of fused-ring (bicyclic) bond motifs is 1. The number of nitrogens with zero attached hydrogens (tertiary/aromatic N) is 4. The molecule has 2 aromatic heterocycles. The Kier molecular flexibility index (Phi) is 3.21. The van der Waals surface area contributed by atoms with Crippen LogP contribution in [0.3, 0.4) is 0 Å². The fourth-order valence-corrected chi connectivity index (χ4v) is 3.14. The second-order valence-corrected chi connectivity index (χ2v) is 6.46. The lowest BCUT2D eigenvalue weighted by atomic mass is 10.2. The fourth-order valence-electron chi connectivity index (χ4n) is 2.32. The zero-order valence-electron chi connectivity index (χ0n) is 10.5. The summed E-state index contributed by atoms with van der Waals surface area (Å²) in [7, 11) is -4.19. The Morgan fingerprint density at radius 1 is 1.40 bits per heavy atom. The zero-order chi connectivity index (χ0) is 14.3. The molecular weight excluding hydrogens is 285 g/mol. The minimum Gasteiger partial charge on any atom is -0.382 e. The van der Waals surface area contributed by atoms with E-state index in [0.717, 1.165) is 0 Å². The Balaban J connectivity index is 1.78. The first-order chi connectivity index (χ1) is 9.45. The Hall–Kier alpha value is -1.54. The summed E-state index contributed by atoms with van der Waals surface area (Å²) in [6.45, 7) is 0.420. The van der Waals surface area contributed by atoms with Crippen LogP contribution in [-0.2, 0) is 15.8 Å². The first kappa shape index (κ1) is 13.4. The molecule has 0 spiro atoms. The average Bonchev–Trinajstić information content (AvgIpc) is 2.98.